The highest BCUT2D eigenvalue weighted by atomic mass is 16.2. The molecule has 0 fully saturated rings. The lowest BCUT2D eigenvalue weighted by molar-refractivity contribution is 0.299. The maximum absolute atomic E-state index is 8.87. The Balaban J connectivity index is 2.19. The number of rotatable bonds is 4. The Kier molecular flexibility index (Phi) is 4.01. The zero-order valence-electron chi connectivity index (χ0n) is 10.4. The molecule has 0 aromatic heterocycles. The number of nitriles is 1. The Morgan fingerprint density at radius 3 is 2.53 bits per heavy atom. The minimum Gasteiger partial charge on any atom is -0.397 e. The van der Waals surface area contributed by atoms with Gasteiger partial charge in [-0.25, -0.2) is 0 Å². The van der Waals surface area contributed by atoms with Crippen LogP contribution in [-0.2, 0) is 6.42 Å². The van der Waals surface area contributed by atoms with Gasteiger partial charge in [0.05, 0.1) is 23.0 Å². The van der Waals surface area contributed by atoms with E-state index in [1.165, 1.54) is 0 Å². The van der Waals surface area contributed by atoms with E-state index in [-0.39, 0.29) is 6.61 Å². The van der Waals surface area contributed by atoms with Crippen LogP contribution in [0.5, 0.6) is 0 Å². The molecular weight excluding hydrogens is 238 g/mol. The van der Waals surface area contributed by atoms with Crippen molar-refractivity contribution in [2.24, 2.45) is 0 Å². The molecule has 4 N–H and O–H groups in total. The highest BCUT2D eigenvalue weighted by Gasteiger charge is 2.02. The number of nitrogens with two attached hydrogens (primary N) is 1. The second-order valence-electron chi connectivity index (χ2n) is 4.21. The standard InChI is InChI=1S/C15H15N3O/c16-10-12-3-6-14(17)15(9-12)18-13-4-1-11(2-5-13)7-8-19/h1-6,9,18-19H,7-8,17H2. The summed E-state index contributed by atoms with van der Waals surface area (Å²) in [6.07, 6.45) is 0.645. The van der Waals surface area contributed by atoms with E-state index in [2.05, 4.69) is 11.4 Å². The fourth-order valence-corrected chi connectivity index (χ4v) is 1.77. The molecule has 0 saturated carbocycles. The van der Waals surface area contributed by atoms with Gasteiger partial charge in [0.2, 0.25) is 0 Å². The molecule has 0 spiro atoms. The molecule has 0 unspecified atom stereocenters. The largest absolute Gasteiger partial charge is 0.397 e. The van der Waals surface area contributed by atoms with Gasteiger partial charge in [-0.3, -0.25) is 0 Å². The van der Waals surface area contributed by atoms with Gasteiger partial charge in [0.15, 0.2) is 0 Å². The van der Waals surface area contributed by atoms with Crippen molar-refractivity contribution < 1.29 is 5.11 Å². The van der Waals surface area contributed by atoms with E-state index in [0.717, 1.165) is 11.3 Å². The van der Waals surface area contributed by atoms with Crippen molar-refractivity contribution in [3.63, 3.8) is 0 Å². The molecule has 0 aliphatic heterocycles. The van der Waals surface area contributed by atoms with Crippen molar-refractivity contribution in [3.05, 3.63) is 53.6 Å². The number of nitrogens with zero attached hydrogens (tertiary/aromatic N) is 1. The minimum absolute atomic E-state index is 0.143. The number of nitrogen functional groups attached to an aromatic ring is 1. The van der Waals surface area contributed by atoms with Gasteiger partial charge >= 0.3 is 0 Å². The van der Waals surface area contributed by atoms with Crippen LogP contribution in [-0.4, -0.2) is 11.7 Å². The van der Waals surface area contributed by atoms with E-state index in [1.54, 1.807) is 18.2 Å². The highest BCUT2D eigenvalue weighted by Crippen LogP contribution is 2.24. The lowest BCUT2D eigenvalue weighted by Crippen LogP contribution is -1.97. The van der Waals surface area contributed by atoms with Gasteiger partial charge in [0.1, 0.15) is 0 Å². The molecule has 2 aromatic rings. The molecule has 2 aromatic carbocycles. The van der Waals surface area contributed by atoms with Crippen LogP contribution in [0, 0.1) is 11.3 Å². The first-order valence-electron chi connectivity index (χ1n) is 5.99. The summed E-state index contributed by atoms with van der Waals surface area (Å²) in [5, 5.41) is 20.9. The highest BCUT2D eigenvalue weighted by molar-refractivity contribution is 5.74. The number of hydrogen-bond donors (Lipinski definition) is 3. The number of aliphatic hydroxyl groups is 1. The summed E-state index contributed by atoms with van der Waals surface area (Å²) in [7, 11) is 0. The van der Waals surface area contributed by atoms with Gasteiger partial charge in [-0.1, -0.05) is 12.1 Å². The Morgan fingerprint density at radius 1 is 1.16 bits per heavy atom. The van der Waals surface area contributed by atoms with Gasteiger partial charge in [0.25, 0.3) is 0 Å². The fourth-order valence-electron chi connectivity index (χ4n) is 1.77. The van der Waals surface area contributed by atoms with Crippen LogP contribution >= 0.6 is 0 Å². The smallest absolute Gasteiger partial charge is 0.0992 e. The molecule has 0 saturated heterocycles. The van der Waals surface area contributed by atoms with Crippen LogP contribution in [0.25, 0.3) is 0 Å². The normalized spacial score (nSPS) is 9.89. The van der Waals surface area contributed by atoms with Crippen molar-refractivity contribution >= 4 is 17.1 Å². The van der Waals surface area contributed by atoms with Crippen LogP contribution < -0.4 is 11.1 Å². The van der Waals surface area contributed by atoms with E-state index in [0.29, 0.717) is 23.4 Å². The molecule has 4 nitrogen and oxygen atoms in total. The third-order valence-corrected chi connectivity index (χ3v) is 2.82. The third-order valence-electron chi connectivity index (χ3n) is 2.82. The number of benzene rings is 2. The topological polar surface area (TPSA) is 82.1 Å². The van der Waals surface area contributed by atoms with E-state index in [4.69, 9.17) is 16.1 Å². The number of aliphatic hydroxyl groups excluding tert-OH is 1. The lowest BCUT2D eigenvalue weighted by Gasteiger charge is -2.10. The van der Waals surface area contributed by atoms with Crippen LogP contribution in [0.15, 0.2) is 42.5 Å². The molecule has 2 rings (SSSR count). The van der Waals surface area contributed by atoms with Gasteiger partial charge in [0, 0.05) is 12.3 Å². The summed E-state index contributed by atoms with van der Waals surface area (Å²) in [5.74, 6) is 0. The van der Waals surface area contributed by atoms with E-state index in [9.17, 15) is 0 Å². The lowest BCUT2D eigenvalue weighted by atomic mass is 10.1. The second-order valence-corrected chi connectivity index (χ2v) is 4.21. The zero-order valence-corrected chi connectivity index (χ0v) is 10.4. The Hall–Kier alpha value is -2.51. The third kappa shape index (κ3) is 3.24. The van der Waals surface area contributed by atoms with Gasteiger partial charge < -0.3 is 16.2 Å². The van der Waals surface area contributed by atoms with Gasteiger partial charge in [-0.15, -0.1) is 0 Å². The summed E-state index contributed by atoms with van der Waals surface area (Å²) in [4.78, 5) is 0. The number of hydrogen-bond acceptors (Lipinski definition) is 4. The molecule has 0 atom stereocenters. The Bertz CT molecular complexity index is 600. The fraction of sp³-hybridized carbons (Fsp3) is 0.133. The minimum atomic E-state index is 0.143. The summed E-state index contributed by atoms with van der Waals surface area (Å²) < 4.78 is 0. The van der Waals surface area contributed by atoms with E-state index in [1.807, 2.05) is 24.3 Å². The maximum atomic E-state index is 8.87. The van der Waals surface area contributed by atoms with E-state index >= 15 is 0 Å². The monoisotopic (exact) mass is 253 g/mol. The summed E-state index contributed by atoms with van der Waals surface area (Å²) in [5.41, 5.74) is 9.71. The first-order chi connectivity index (χ1) is 9.22. The van der Waals surface area contributed by atoms with E-state index < -0.39 is 0 Å². The molecule has 0 aliphatic rings. The van der Waals surface area contributed by atoms with Crippen LogP contribution in [0.3, 0.4) is 0 Å². The van der Waals surface area contributed by atoms with Crippen molar-refractivity contribution in [1.29, 1.82) is 5.26 Å². The molecular formula is C15H15N3O. The molecule has 96 valence electrons. The molecule has 0 radical (unpaired) electrons. The SMILES string of the molecule is N#Cc1ccc(N)c(Nc2ccc(CCO)cc2)c1. The molecule has 0 bridgehead atoms. The van der Waals surface area contributed by atoms with Crippen molar-refractivity contribution in [2.45, 2.75) is 6.42 Å². The molecule has 0 heterocycles. The molecule has 0 aliphatic carbocycles. The molecule has 4 heteroatoms. The molecule has 0 amide bonds. The predicted molar refractivity (Wildman–Crippen MR) is 76.1 cm³/mol. The summed E-state index contributed by atoms with van der Waals surface area (Å²) in [6, 6.07) is 14.9. The van der Waals surface area contributed by atoms with Crippen molar-refractivity contribution in [1.82, 2.24) is 0 Å². The summed E-state index contributed by atoms with van der Waals surface area (Å²) in [6.45, 7) is 0.143. The van der Waals surface area contributed by atoms with Crippen molar-refractivity contribution in [2.75, 3.05) is 17.7 Å². The van der Waals surface area contributed by atoms with Gasteiger partial charge in [-0.05, 0) is 42.3 Å². The number of anilines is 3. The Labute approximate surface area is 112 Å². The van der Waals surface area contributed by atoms with Crippen LogP contribution in [0.4, 0.5) is 17.1 Å². The summed E-state index contributed by atoms with van der Waals surface area (Å²) >= 11 is 0. The quantitative estimate of drug-likeness (QED) is 0.731. The average Bonchev–Trinajstić information content (AvgIpc) is 2.44. The first-order valence-corrected chi connectivity index (χ1v) is 5.99. The van der Waals surface area contributed by atoms with Crippen molar-refractivity contribution in [3.8, 4) is 6.07 Å². The molecule has 19 heavy (non-hydrogen) atoms. The van der Waals surface area contributed by atoms with Crippen LogP contribution in [0.2, 0.25) is 0 Å². The first kappa shape index (κ1) is 12.9. The number of nitrogens with one attached hydrogen (secondary N) is 1. The average molecular weight is 253 g/mol. The van der Waals surface area contributed by atoms with Crippen LogP contribution in [0.1, 0.15) is 11.1 Å². The predicted octanol–water partition coefficient (Wildman–Crippen LogP) is 2.42. The Morgan fingerprint density at radius 2 is 1.89 bits per heavy atom. The maximum Gasteiger partial charge on any atom is 0.0992 e. The zero-order chi connectivity index (χ0) is 13.7. The second kappa shape index (κ2) is 5.89. The van der Waals surface area contributed by atoms with Gasteiger partial charge in [-0.2, -0.15) is 5.26 Å².